The number of esters is 1. The number of fused-ring (bicyclic) bond motifs is 1. The summed E-state index contributed by atoms with van der Waals surface area (Å²) in [5.74, 6) is -0.943. The second kappa shape index (κ2) is 7.11. The molecule has 6 heteroatoms. The number of carbonyl (C=O) groups excluding carboxylic acids is 2. The van der Waals surface area contributed by atoms with Gasteiger partial charge in [-0.15, -0.1) is 5.73 Å². The zero-order valence-electron chi connectivity index (χ0n) is 12.0. The minimum Gasteiger partial charge on any atom is -0.467 e. The number of methoxy groups -OCH3 is 1. The maximum atomic E-state index is 11.9. The van der Waals surface area contributed by atoms with E-state index in [1.54, 1.807) is 0 Å². The number of ether oxygens (including phenoxy) is 1. The van der Waals surface area contributed by atoms with Crippen LogP contribution in [0.1, 0.15) is 5.56 Å². The number of amides is 1. The van der Waals surface area contributed by atoms with Crippen molar-refractivity contribution >= 4 is 38.7 Å². The SMILES string of the molecule is C=C=CC(=O)NC(Cc1c[nH]c2ccc(Br)cc12)C(=O)OC. The molecule has 22 heavy (non-hydrogen) atoms. The van der Waals surface area contributed by atoms with Crippen LogP contribution in [0.3, 0.4) is 0 Å². The number of hydrogen-bond donors (Lipinski definition) is 2. The lowest BCUT2D eigenvalue weighted by Gasteiger charge is -2.15. The van der Waals surface area contributed by atoms with Crippen LogP contribution >= 0.6 is 15.9 Å². The Labute approximate surface area is 136 Å². The molecule has 2 aromatic rings. The summed E-state index contributed by atoms with van der Waals surface area (Å²) in [7, 11) is 1.29. The first-order chi connectivity index (χ1) is 10.5. The van der Waals surface area contributed by atoms with Gasteiger partial charge in [0.25, 0.3) is 5.91 Å². The molecular formula is C16H15BrN2O3. The fourth-order valence-corrected chi connectivity index (χ4v) is 2.54. The van der Waals surface area contributed by atoms with E-state index >= 15 is 0 Å². The Bertz CT molecular complexity index is 760. The highest BCUT2D eigenvalue weighted by Gasteiger charge is 2.22. The van der Waals surface area contributed by atoms with Crippen LogP contribution in [0.4, 0.5) is 0 Å². The van der Waals surface area contributed by atoms with Crippen molar-refractivity contribution < 1.29 is 14.3 Å². The topological polar surface area (TPSA) is 71.2 Å². The Morgan fingerprint density at radius 3 is 3.00 bits per heavy atom. The molecule has 5 nitrogen and oxygen atoms in total. The Morgan fingerprint density at radius 1 is 1.55 bits per heavy atom. The van der Waals surface area contributed by atoms with Crippen molar-refractivity contribution in [1.82, 2.24) is 10.3 Å². The molecule has 1 atom stereocenters. The normalized spacial score (nSPS) is 11.5. The number of rotatable bonds is 5. The van der Waals surface area contributed by atoms with Crippen molar-refractivity contribution in [2.45, 2.75) is 12.5 Å². The maximum absolute atomic E-state index is 11.9. The van der Waals surface area contributed by atoms with E-state index in [9.17, 15) is 9.59 Å². The van der Waals surface area contributed by atoms with Crippen LogP contribution in [-0.4, -0.2) is 30.0 Å². The lowest BCUT2D eigenvalue weighted by atomic mass is 10.0. The number of H-pyrrole nitrogens is 1. The second-order valence-electron chi connectivity index (χ2n) is 4.64. The second-order valence-corrected chi connectivity index (χ2v) is 5.56. The molecule has 1 aromatic carbocycles. The summed E-state index contributed by atoms with van der Waals surface area (Å²) in [5.41, 5.74) is 4.24. The zero-order chi connectivity index (χ0) is 16.1. The molecule has 1 aromatic heterocycles. The molecule has 0 fully saturated rings. The Balaban J connectivity index is 2.28. The van der Waals surface area contributed by atoms with Gasteiger partial charge in [0, 0.05) is 34.1 Å². The summed E-state index contributed by atoms with van der Waals surface area (Å²) < 4.78 is 5.69. The van der Waals surface area contributed by atoms with Crippen LogP contribution in [0.15, 0.2) is 47.3 Å². The molecule has 0 aliphatic rings. The van der Waals surface area contributed by atoms with Gasteiger partial charge >= 0.3 is 5.97 Å². The zero-order valence-corrected chi connectivity index (χ0v) is 13.6. The van der Waals surface area contributed by atoms with E-state index in [1.165, 1.54) is 7.11 Å². The van der Waals surface area contributed by atoms with Gasteiger partial charge in [0.1, 0.15) is 6.04 Å². The van der Waals surface area contributed by atoms with Gasteiger partial charge in [-0.2, -0.15) is 0 Å². The first-order valence-corrected chi connectivity index (χ1v) is 7.34. The van der Waals surface area contributed by atoms with Gasteiger partial charge in [0.2, 0.25) is 0 Å². The summed E-state index contributed by atoms with van der Waals surface area (Å²) in [6.45, 7) is 3.33. The number of hydrogen-bond acceptors (Lipinski definition) is 3. The van der Waals surface area contributed by atoms with Crippen molar-refractivity contribution in [2.75, 3.05) is 7.11 Å². The van der Waals surface area contributed by atoms with Crippen LogP contribution in [0.25, 0.3) is 10.9 Å². The highest BCUT2D eigenvalue weighted by Crippen LogP contribution is 2.23. The Hall–Kier alpha value is -2.30. The largest absolute Gasteiger partial charge is 0.467 e. The summed E-state index contributed by atoms with van der Waals surface area (Å²) in [5, 5.41) is 3.57. The van der Waals surface area contributed by atoms with E-state index in [2.05, 4.69) is 38.5 Å². The highest BCUT2D eigenvalue weighted by atomic mass is 79.9. The molecule has 2 rings (SSSR count). The van der Waals surface area contributed by atoms with Crippen molar-refractivity contribution in [3.8, 4) is 0 Å². The summed E-state index contributed by atoms with van der Waals surface area (Å²) >= 11 is 3.43. The molecular weight excluding hydrogens is 348 g/mol. The third-order valence-corrected chi connectivity index (χ3v) is 3.68. The van der Waals surface area contributed by atoms with Crippen molar-refractivity contribution in [2.24, 2.45) is 0 Å². The molecule has 0 spiro atoms. The standard InChI is InChI=1S/C16H15BrN2O3/c1-3-4-15(20)19-14(16(21)22-2)7-10-9-18-13-6-5-11(17)8-12(10)13/h4-6,8-9,14,18H,1,7H2,2H3,(H,19,20). The third-order valence-electron chi connectivity index (χ3n) is 3.19. The van der Waals surface area contributed by atoms with E-state index in [0.717, 1.165) is 27.0 Å². The van der Waals surface area contributed by atoms with E-state index in [1.807, 2.05) is 24.4 Å². The summed E-state index contributed by atoms with van der Waals surface area (Å²) in [6, 6.07) is 5.05. The molecule has 0 bridgehead atoms. The van der Waals surface area contributed by atoms with Gasteiger partial charge in [-0.05, 0) is 23.8 Å². The highest BCUT2D eigenvalue weighted by molar-refractivity contribution is 9.10. The molecule has 1 amide bonds. The van der Waals surface area contributed by atoms with Gasteiger partial charge in [-0.25, -0.2) is 4.79 Å². The average molecular weight is 363 g/mol. The fourth-order valence-electron chi connectivity index (χ4n) is 2.18. The molecule has 1 heterocycles. The number of halogens is 1. The van der Waals surface area contributed by atoms with Gasteiger partial charge in [0.15, 0.2) is 0 Å². The predicted molar refractivity (Wildman–Crippen MR) is 87.4 cm³/mol. The summed E-state index contributed by atoms with van der Waals surface area (Å²) in [4.78, 5) is 26.6. The van der Waals surface area contributed by atoms with Gasteiger partial charge in [-0.1, -0.05) is 22.5 Å². The smallest absolute Gasteiger partial charge is 0.328 e. The van der Waals surface area contributed by atoms with Crippen molar-refractivity contribution in [3.63, 3.8) is 0 Å². The Kier molecular flexibility index (Phi) is 5.20. The Morgan fingerprint density at radius 2 is 2.32 bits per heavy atom. The number of aromatic nitrogens is 1. The molecule has 2 N–H and O–H groups in total. The van der Waals surface area contributed by atoms with Crippen molar-refractivity contribution in [1.29, 1.82) is 0 Å². The minimum atomic E-state index is -0.778. The predicted octanol–water partition coefficient (Wildman–Crippen LogP) is 2.47. The summed E-state index contributed by atoms with van der Waals surface area (Å²) in [6.07, 6.45) is 3.28. The average Bonchev–Trinajstić information content (AvgIpc) is 2.88. The number of aromatic amines is 1. The van der Waals surface area contributed by atoms with Crippen molar-refractivity contribution in [3.05, 3.63) is 52.8 Å². The lowest BCUT2D eigenvalue weighted by molar-refractivity contribution is -0.144. The quantitative estimate of drug-likeness (QED) is 0.487. The molecule has 0 saturated carbocycles. The first kappa shape index (κ1) is 16.1. The minimum absolute atomic E-state index is 0.319. The van der Waals surface area contributed by atoms with Crippen LogP contribution in [-0.2, 0) is 20.7 Å². The number of benzene rings is 1. The number of nitrogens with one attached hydrogen (secondary N) is 2. The molecule has 0 aliphatic heterocycles. The van der Waals surface area contributed by atoms with Gasteiger partial charge < -0.3 is 15.0 Å². The molecule has 0 saturated heterocycles. The number of carbonyl (C=O) groups is 2. The van der Waals surface area contributed by atoms with Crippen LogP contribution in [0.5, 0.6) is 0 Å². The van der Waals surface area contributed by atoms with E-state index in [4.69, 9.17) is 4.74 Å². The maximum Gasteiger partial charge on any atom is 0.328 e. The van der Waals surface area contributed by atoms with Crippen LogP contribution in [0.2, 0.25) is 0 Å². The fraction of sp³-hybridized carbons (Fsp3) is 0.188. The lowest BCUT2D eigenvalue weighted by Crippen LogP contribution is -2.42. The van der Waals surface area contributed by atoms with Crippen LogP contribution < -0.4 is 5.32 Å². The molecule has 0 aliphatic carbocycles. The molecule has 1 unspecified atom stereocenters. The first-order valence-electron chi connectivity index (χ1n) is 6.55. The van der Waals surface area contributed by atoms with Crippen LogP contribution in [0, 0.1) is 0 Å². The van der Waals surface area contributed by atoms with E-state index in [-0.39, 0.29) is 0 Å². The van der Waals surface area contributed by atoms with Gasteiger partial charge in [-0.3, -0.25) is 4.79 Å². The third kappa shape index (κ3) is 3.67. The van der Waals surface area contributed by atoms with E-state index in [0.29, 0.717) is 6.42 Å². The van der Waals surface area contributed by atoms with E-state index < -0.39 is 17.9 Å². The molecule has 114 valence electrons. The van der Waals surface area contributed by atoms with Gasteiger partial charge in [0.05, 0.1) is 7.11 Å². The molecule has 0 radical (unpaired) electrons. The monoisotopic (exact) mass is 362 g/mol.